The van der Waals surface area contributed by atoms with Crippen molar-refractivity contribution in [3.8, 4) is 0 Å². The largest absolute Gasteiger partial charge is 0.398 e. The lowest BCUT2D eigenvalue weighted by Crippen LogP contribution is -2.34. The Morgan fingerprint density at radius 3 is 2.53 bits per heavy atom. The van der Waals surface area contributed by atoms with E-state index >= 15 is 0 Å². The molecule has 2 rings (SSSR count). The van der Waals surface area contributed by atoms with Crippen LogP contribution < -0.4 is 5.73 Å². The second-order valence-corrected chi connectivity index (χ2v) is 7.68. The van der Waals surface area contributed by atoms with Gasteiger partial charge in [0.15, 0.2) is 0 Å². The highest BCUT2D eigenvalue weighted by atomic mass is 35.5. The van der Waals surface area contributed by atoms with Gasteiger partial charge in [0.1, 0.15) is 0 Å². The Balaban J connectivity index is 2.52. The highest BCUT2D eigenvalue weighted by molar-refractivity contribution is 7.89. The van der Waals surface area contributed by atoms with Crippen molar-refractivity contribution in [2.75, 3.05) is 12.3 Å². The third-order valence-electron chi connectivity index (χ3n) is 3.68. The van der Waals surface area contributed by atoms with Gasteiger partial charge in [0, 0.05) is 23.3 Å². The Morgan fingerprint density at radius 2 is 2.00 bits per heavy atom. The molecule has 1 aliphatic rings. The Bertz CT molecular complexity index is 601. The molecule has 4 nitrogen and oxygen atoms in total. The first-order valence-corrected chi connectivity index (χ1v) is 8.12. The van der Waals surface area contributed by atoms with Gasteiger partial charge in [-0.15, -0.1) is 0 Å². The first-order chi connectivity index (χ1) is 8.73. The average Bonchev–Trinajstić information content (AvgIpc) is 2.63. The highest BCUT2D eigenvalue weighted by Crippen LogP contribution is 2.33. The van der Waals surface area contributed by atoms with Crippen molar-refractivity contribution in [3.63, 3.8) is 0 Å². The van der Waals surface area contributed by atoms with Gasteiger partial charge < -0.3 is 5.73 Å². The Kier molecular flexibility index (Phi) is 3.82. The van der Waals surface area contributed by atoms with Crippen molar-refractivity contribution in [2.45, 2.75) is 38.1 Å². The van der Waals surface area contributed by atoms with Gasteiger partial charge in [-0.3, -0.25) is 0 Å². The van der Waals surface area contributed by atoms with Crippen LogP contribution in [0.1, 0.15) is 25.8 Å². The van der Waals surface area contributed by atoms with E-state index in [-0.39, 0.29) is 10.9 Å². The van der Waals surface area contributed by atoms with E-state index < -0.39 is 10.0 Å². The van der Waals surface area contributed by atoms with Crippen LogP contribution in [-0.4, -0.2) is 25.3 Å². The van der Waals surface area contributed by atoms with Crippen molar-refractivity contribution in [2.24, 2.45) is 5.92 Å². The number of nitrogens with two attached hydrogens (primary N) is 1. The van der Waals surface area contributed by atoms with Gasteiger partial charge in [-0.05, 0) is 43.9 Å². The van der Waals surface area contributed by atoms with Gasteiger partial charge in [-0.25, -0.2) is 8.42 Å². The third-order valence-corrected chi connectivity index (χ3v) is 6.00. The summed E-state index contributed by atoms with van der Waals surface area (Å²) in [7, 11) is -3.53. The molecule has 1 aromatic carbocycles. The fraction of sp³-hybridized carbons (Fsp3) is 0.538. The summed E-state index contributed by atoms with van der Waals surface area (Å²) >= 11 is 5.94. The molecule has 0 amide bonds. The zero-order valence-corrected chi connectivity index (χ0v) is 12.9. The summed E-state index contributed by atoms with van der Waals surface area (Å²) in [6.45, 7) is 6.26. The molecule has 1 saturated heterocycles. The lowest BCUT2D eigenvalue weighted by molar-refractivity contribution is 0.405. The maximum atomic E-state index is 12.7. The van der Waals surface area contributed by atoms with Crippen molar-refractivity contribution in [3.05, 3.63) is 22.7 Å². The Hall–Kier alpha value is -0.780. The molecule has 1 fully saturated rings. The molecule has 1 aliphatic heterocycles. The molecule has 6 heteroatoms. The zero-order chi connectivity index (χ0) is 14.4. The quantitative estimate of drug-likeness (QED) is 0.854. The Labute approximate surface area is 119 Å². The van der Waals surface area contributed by atoms with Crippen LogP contribution in [0.5, 0.6) is 0 Å². The van der Waals surface area contributed by atoms with Crippen LogP contribution in [0.25, 0.3) is 0 Å². The summed E-state index contributed by atoms with van der Waals surface area (Å²) in [4.78, 5) is 0.221. The molecular weight excluding hydrogens is 284 g/mol. The van der Waals surface area contributed by atoms with Gasteiger partial charge in [-0.2, -0.15) is 4.31 Å². The van der Waals surface area contributed by atoms with E-state index in [1.54, 1.807) is 17.3 Å². The smallest absolute Gasteiger partial charge is 0.243 e. The monoisotopic (exact) mass is 302 g/mol. The molecule has 2 unspecified atom stereocenters. The molecule has 2 atom stereocenters. The molecule has 106 valence electrons. The fourth-order valence-corrected chi connectivity index (χ4v) is 5.00. The second kappa shape index (κ2) is 4.96. The van der Waals surface area contributed by atoms with Crippen molar-refractivity contribution in [1.82, 2.24) is 4.31 Å². The summed E-state index contributed by atoms with van der Waals surface area (Å²) < 4.78 is 27.0. The van der Waals surface area contributed by atoms with Gasteiger partial charge in [0.25, 0.3) is 0 Å². The van der Waals surface area contributed by atoms with Gasteiger partial charge in [-0.1, -0.05) is 18.5 Å². The molecule has 0 aromatic heterocycles. The first kappa shape index (κ1) is 14.6. The number of benzene rings is 1. The van der Waals surface area contributed by atoms with Crippen molar-refractivity contribution >= 4 is 27.3 Å². The van der Waals surface area contributed by atoms with Gasteiger partial charge in [0.05, 0.1) is 4.90 Å². The number of anilines is 1. The molecule has 0 radical (unpaired) electrons. The van der Waals surface area contributed by atoms with E-state index in [1.807, 2.05) is 6.92 Å². The minimum absolute atomic E-state index is 0.0135. The minimum atomic E-state index is -3.53. The summed E-state index contributed by atoms with van der Waals surface area (Å²) in [5, 5.41) is 0.349. The van der Waals surface area contributed by atoms with Crippen LogP contribution in [0.3, 0.4) is 0 Å². The summed E-state index contributed by atoms with van der Waals surface area (Å²) in [6.07, 6.45) is 0.883. The fourth-order valence-electron chi connectivity index (χ4n) is 2.67. The molecule has 1 aromatic rings. The molecule has 0 aliphatic carbocycles. The summed E-state index contributed by atoms with van der Waals surface area (Å²) in [5.41, 5.74) is 6.79. The van der Waals surface area contributed by atoms with Crippen LogP contribution in [0.2, 0.25) is 5.02 Å². The SMILES string of the molecule is Cc1c(N)cc(Cl)cc1S(=O)(=O)N1CC(C)CC1C. The number of sulfonamides is 1. The predicted molar refractivity (Wildman–Crippen MR) is 77.7 cm³/mol. The van der Waals surface area contributed by atoms with Gasteiger partial charge in [0.2, 0.25) is 10.0 Å². The molecule has 0 spiro atoms. The number of hydrogen-bond acceptors (Lipinski definition) is 3. The predicted octanol–water partition coefficient (Wildman–Crippen LogP) is 2.65. The second-order valence-electron chi connectivity index (χ2n) is 5.38. The highest BCUT2D eigenvalue weighted by Gasteiger charge is 2.37. The topological polar surface area (TPSA) is 63.4 Å². The average molecular weight is 303 g/mol. The summed E-state index contributed by atoms with van der Waals surface area (Å²) in [5.74, 6) is 0.376. The van der Waals surface area contributed by atoms with E-state index in [0.29, 0.717) is 28.7 Å². The number of nitrogen functional groups attached to an aromatic ring is 1. The normalized spacial score (nSPS) is 24.8. The van der Waals surface area contributed by atoms with E-state index in [0.717, 1.165) is 6.42 Å². The van der Waals surface area contributed by atoms with E-state index in [4.69, 9.17) is 17.3 Å². The van der Waals surface area contributed by atoms with Crippen LogP contribution in [0.15, 0.2) is 17.0 Å². The van der Waals surface area contributed by atoms with Crippen LogP contribution in [0, 0.1) is 12.8 Å². The molecule has 2 N–H and O–H groups in total. The molecule has 19 heavy (non-hydrogen) atoms. The number of nitrogens with zero attached hydrogens (tertiary/aromatic N) is 1. The molecule has 0 bridgehead atoms. The number of halogens is 1. The first-order valence-electron chi connectivity index (χ1n) is 6.31. The lowest BCUT2D eigenvalue weighted by atomic mass is 10.1. The standard InChI is InChI=1S/C13H19ClN2O2S/c1-8-4-9(2)16(7-8)19(17,18)13-6-11(14)5-12(15)10(13)3/h5-6,8-9H,4,7,15H2,1-3H3. The minimum Gasteiger partial charge on any atom is -0.398 e. The Morgan fingerprint density at radius 1 is 1.37 bits per heavy atom. The molecule has 1 heterocycles. The van der Waals surface area contributed by atoms with Gasteiger partial charge >= 0.3 is 0 Å². The zero-order valence-electron chi connectivity index (χ0n) is 11.4. The van der Waals surface area contributed by atoms with Crippen LogP contribution >= 0.6 is 11.6 Å². The van der Waals surface area contributed by atoms with Crippen LogP contribution in [-0.2, 0) is 10.0 Å². The number of hydrogen-bond donors (Lipinski definition) is 1. The third kappa shape index (κ3) is 2.59. The van der Waals surface area contributed by atoms with Crippen LogP contribution in [0.4, 0.5) is 5.69 Å². The maximum absolute atomic E-state index is 12.7. The van der Waals surface area contributed by atoms with Crippen molar-refractivity contribution < 1.29 is 8.42 Å². The summed E-state index contributed by atoms with van der Waals surface area (Å²) in [6, 6.07) is 3.07. The number of rotatable bonds is 2. The molecule has 0 saturated carbocycles. The lowest BCUT2D eigenvalue weighted by Gasteiger charge is -2.22. The molecular formula is C13H19ClN2O2S. The van der Waals surface area contributed by atoms with Crippen molar-refractivity contribution in [1.29, 1.82) is 0 Å². The van der Waals surface area contributed by atoms with E-state index in [1.165, 1.54) is 6.07 Å². The maximum Gasteiger partial charge on any atom is 0.243 e. The van der Waals surface area contributed by atoms with E-state index in [9.17, 15) is 8.42 Å². The van der Waals surface area contributed by atoms with E-state index in [2.05, 4.69) is 6.92 Å².